The first-order valence-corrected chi connectivity index (χ1v) is 6.79. The van der Waals surface area contributed by atoms with Crippen LogP contribution in [0.2, 0.25) is 0 Å². The van der Waals surface area contributed by atoms with Gasteiger partial charge in [-0.15, -0.1) is 5.10 Å². The molecule has 1 aromatic rings. The summed E-state index contributed by atoms with van der Waals surface area (Å²) in [5.41, 5.74) is 0. The van der Waals surface area contributed by atoms with Gasteiger partial charge < -0.3 is 5.32 Å². The minimum Gasteiger partial charge on any atom is -0.307 e. The SMILES string of the molecule is CCCNC(C)c1nnnn1C1CC1CCC. The van der Waals surface area contributed by atoms with Crippen LogP contribution in [0.5, 0.6) is 0 Å². The summed E-state index contributed by atoms with van der Waals surface area (Å²) in [6, 6.07) is 0.790. The zero-order valence-corrected chi connectivity index (χ0v) is 11.1. The summed E-state index contributed by atoms with van der Waals surface area (Å²) in [6.07, 6.45) is 4.92. The Balaban J connectivity index is 1.97. The molecule has 1 heterocycles. The Labute approximate surface area is 103 Å². The Morgan fingerprint density at radius 2 is 2.24 bits per heavy atom. The molecule has 3 unspecified atom stereocenters. The standard InChI is InChI=1S/C12H23N5/c1-4-6-10-8-11(10)17-12(14-15-16-17)9(3)13-7-5-2/h9-11,13H,4-8H2,1-3H3. The maximum absolute atomic E-state index is 4.16. The molecule has 5 nitrogen and oxygen atoms in total. The third kappa shape index (κ3) is 2.83. The number of nitrogens with zero attached hydrogens (tertiary/aromatic N) is 4. The molecule has 0 spiro atoms. The van der Waals surface area contributed by atoms with Crippen molar-refractivity contribution in [1.82, 2.24) is 25.5 Å². The van der Waals surface area contributed by atoms with Crippen LogP contribution in [0.1, 0.15) is 64.4 Å². The van der Waals surface area contributed by atoms with Crippen molar-refractivity contribution in [2.75, 3.05) is 6.54 Å². The van der Waals surface area contributed by atoms with Crippen molar-refractivity contribution in [2.24, 2.45) is 5.92 Å². The normalized spacial score (nSPS) is 24.9. The number of hydrogen-bond donors (Lipinski definition) is 1. The molecule has 0 radical (unpaired) electrons. The van der Waals surface area contributed by atoms with Crippen molar-refractivity contribution in [2.45, 2.75) is 58.5 Å². The second-order valence-electron chi connectivity index (χ2n) is 5.01. The average molecular weight is 237 g/mol. The predicted octanol–water partition coefficient (Wildman–Crippen LogP) is 2.09. The summed E-state index contributed by atoms with van der Waals surface area (Å²) in [5.74, 6) is 1.78. The molecule has 2 rings (SSSR count). The molecular weight excluding hydrogens is 214 g/mol. The van der Waals surface area contributed by atoms with Gasteiger partial charge in [0.2, 0.25) is 0 Å². The summed E-state index contributed by atoms with van der Waals surface area (Å²) in [4.78, 5) is 0. The Morgan fingerprint density at radius 3 is 2.94 bits per heavy atom. The van der Waals surface area contributed by atoms with E-state index in [1.807, 2.05) is 4.68 Å². The van der Waals surface area contributed by atoms with E-state index in [1.54, 1.807) is 0 Å². The van der Waals surface area contributed by atoms with Gasteiger partial charge in [0.15, 0.2) is 5.82 Å². The zero-order chi connectivity index (χ0) is 12.3. The quantitative estimate of drug-likeness (QED) is 0.789. The molecule has 0 aromatic carbocycles. The molecule has 1 saturated carbocycles. The van der Waals surface area contributed by atoms with Gasteiger partial charge in [-0.25, -0.2) is 4.68 Å². The molecule has 0 bridgehead atoms. The number of tetrazole rings is 1. The van der Waals surface area contributed by atoms with Crippen LogP contribution < -0.4 is 5.32 Å². The molecule has 0 saturated heterocycles. The van der Waals surface area contributed by atoms with Crippen LogP contribution in [-0.4, -0.2) is 26.8 Å². The molecule has 1 N–H and O–H groups in total. The lowest BCUT2D eigenvalue weighted by molar-refractivity contribution is 0.472. The Morgan fingerprint density at radius 1 is 1.41 bits per heavy atom. The van der Waals surface area contributed by atoms with Gasteiger partial charge in [-0.2, -0.15) is 0 Å². The highest BCUT2D eigenvalue weighted by Crippen LogP contribution is 2.46. The van der Waals surface area contributed by atoms with Gasteiger partial charge in [0, 0.05) is 0 Å². The summed E-state index contributed by atoms with van der Waals surface area (Å²) in [5, 5.41) is 15.6. The number of rotatable bonds is 7. The Bertz CT molecular complexity index is 332. The second kappa shape index (κ2) is 5.58. The van der Waals surface area contributed by atoms with Gasteiger partial charge in [0.25, 0.3) is 0 Å². The molecule has 17 heavy (non-hydrogen) atoms. The van der Waals surface area contributed by atoms with Gasteiger partial charge >= 0.3 is 0 Å². The van der Waals surface area contributed by atoms with Crippen molar-refractivity contribution in [3.8, 4) is 0 Å². The maximum Gasteiger partial charge on any atom is 0.168 e. The third-order valence-electron chi connectivity index (χ3n) is 3.46. The van der Waals surface area contributed by atoms with Crippen LogP contribution in [0.3, 0.4) is 0 Å². The minimum absolute atomic E-state index is 0.243. The van der Waals surface area contributed by atoms with E-state index in [4.69, 9.17) is 0 Å². The van der Waals surface area contributed by atoms with E-state index in [0.29, 0.717) is 6.04 Å². The Hall–Kier alpha value is -0.970. The molecule has 3 atom stereocenters. The molecule has 0 amide bonds. The lowest BCUT2D eigenvalue weighted by Crippen LogP contribution is -2.23. The van der Waals surface area contributed by atoms with Crippen LogP contribution in [0.15, 0.2) is 0 Å². The van der Waals surface area contributed by atoms with Crippen molar-refractivity contribution >= 4 is 0 Å². The van der Waals surface area contributed by atoms with E-state index in [-0.39, 0.29) is 6.04 Å². The summed E-state index contributed by atoms with van der Waals surface area (Å²) < 4.78 is 2.04. The highest BCUT2D eigenvalue weighted by molar-refractivity contribution is 4.99. The maximum atomic E-state index is 4.16. The minimum atomic E-state index is 0.243. The summed E-state index contributed by atoms with van der Waals surface area (Å²) >= 11 is 0. The average Bonchev–Trinajstić information content (AvgIpc) is 2.92. The van der Waals surface area contributed by atoms with Gasteiger partial charge in [-0.1, -0.05) is 20.3 Å². The van der Waals surface area contributed by atoms with E-state index in [9.17, 15) is 0 Å². The first kappa shape index (κ1) is 12.5. The lowest BCUT2D eigenvalue weighted by Gasteiger charge is -2.12. The molecule has 1 fully saturated rings. The number of nitrogens with one attached hydrogen (secondary N) is 1. The van der Waals surface area contributed by atoms with Gasteiger partial charge in [0.05, 0.1) is 12.1 Å². The zero-order valence-electron chi connectivity index (χ0n) is 11.1. The summed E-state index contributed by atoms with van der Waals surface area (Å²) in [6.45, 7) is 7.55. The van der Waals surface area contributed by atoms with E-state index < -0.39 is 0 Å². The molecule has 5 heteroatoms. The van der Waals surface area contributed by atoms with Gasteiger partial charge in [-0.05, 0) is 49.1 Å². The van der Waals surface area contributed by atoms with E-state index in [1.165, 1.54) is 19.3 Å². The van der Waals surface area contributed by atoms with Crippen LogP contribution >= 0.6 is 0 Å². The van der Waals surface area contributed by atoms with Crippen molar-refractivity contribution < 1.29 is 0 Å². The fourth-order valence-electron chi connectivity index (χ4n) is 2.39. The van der Waals surface area contributed by atoms with E-state index >= 15 is 0 Å². The number of aromatic nitrogens is 4. The van der Waals surface area contributed by atoms with Crippen LogP contribution in [0.25, 0.3) is 0 Å². The Kier molecular flexibility index (Phi) is 4.10. The monoisotopic (exact) mass is 237 g/mol. The van der Waals surface area contributed by atoms with Crippen molar-refractivity contribution in [3.05, 3.63) is 5.82 Å². The molecule has 96 valence electrons. The van der Waals surface area contributed by atoms with Crippen LogP contribution in [0.4, 0.5) is 0 Å². The second-order valence-corrected chi connectivity index (χ2v) is 5.01. The molecule has 0 aliphatic heterocycles. The fraction of sp³-hybridized carbons (Fsp3) is 0.917. The van der Waals surface area contributed by atoms with E-state index in [0.717, 1.165) is 24.7 Å². The smallest absolute Gasteiger partial charge is 0.168 e. The largest absolute Gasteiger partial charge is 0.307 e. The predicted molar refractivity (Wildman–Crippen MR) is 66.6 cm³/mol. The lowest BCUT2D eigenvalue weighted by atomic mass is 10.2. The van der Waals surface area contributed by atoms with Crippen LogP contribution in [0, 0.1) is 5.92 Å². The number of hydrogen-bond acceptors (Lipinski definition) is 4. The first-order valence-electron chi connectivity index (χ1n) is 6.79. The third-order valence-corrected chi connectivity index (χ3v) is 3.46. The van der Waals surface area contributed by atoms with Gasteiger partial charge in [-0.3, -0.25) is 0 Å². The highest BCUT2D eigenvalue weighted by atomic mass is 15.6. The molecule has 1 aromatic heterocycles. The van der Waals surface area contributed by atoms with Crippen molar-refractivity contribution in [1.29, 1.82) is 0 Å². The van der Waals surface area contributed by atoms with Crippen molar-refractivity contribution in [3.63, 3.8) is 0 Å². The van der Waals surface area contributed by atoms with Crippen LogP contribution in [-0.2, 0) is 0 Å². The highest BCUT2D eigenvalue weighted by Gasteiger charge is 2.40. The molecule has 1 aliphatic carbocycles. The molecular formula is C12H23N5. The summed E-state index contributed by atoms with van der Waals surface area (Å²) in [7, 11) is 0. The first-order chi connectivity index (χ1) is 8.27. The van der Waals surface area contributed by atoms with Gasteiger partial charge in [0.1, 0.15) is 0 Å². The topological polar surface area (TPSA) is 55.6 Å². The fourth-order valence-corrected chi connectivity index (χ4v) is 2.39. The van der Waals surface area contributed by atoms with E-state index in [2.05, 4.69) is 41.6 Å². The molecule has 1 aliphatic rings.